The lowest BCUT2D eigenvalue weighted by Gasteiger charge is -2.20. The Morgan fingerprint density at radius 3 is 2.45 bits per heavy atom. The van der Waals surface area contributed by atoms with Gasteiger partial charge in [0, 0.05) is 24.8 Å². The highest BCUT2D eigenvalue weighted by atomic mass is 16.6. The lowest BCUT2D eigenvalue weighted by Crippen LogP contribution is -2.43. The Bertz CT molecular complexity index is 521. The fourth-order valence-corrected chi connectivity index (χ4v) is 1.71. The van der Waals surface area contributed by atoms with E-state index >= 15 is 0 Å². The van der Waals surface area contributed by atoms with Crippen LogP contribution in [-0.4, -0.2) is 50.9 Å². The van der Waals surface area contributed by atoms with Crippen molar-refractivity contribution in [2.45, 2.75) is 6.92 Å². The number of hydrogen-bond donors (Lipinski definition) is 2. The van der Waals surface area contributed by atoms with Crippen LogP contribution in [0, 0.1) is 0 Å². The summed E-state index contributed by atoms with van der Waals surface area (Å²) in [6, 6.07) is 4.23. The Labute approximate surface area is 129 Å². The van der Waals surface area contributed by atoms with E-state index in [1.54, 1.807) is 25.1 Å². The Kier molecular flexibility index (Phi) is 6.97. The number of urea groups is 1. The summed E-state index contributed by atoms with van der Waals surface area (Å²) in [6.45, 7) is 2.02. The number of benzene rings is 1. The van der Waals surface area contributed by atoms with E-state index < -0.39 is 12.1 Å². The van der Waals surface area contributed by atoms with Crippen LogP contribution in [0.5, 0.6) is 11.5 Å². The second kappa shape index (κ2) is 8.73. The van der Waals surface area contributed by atoms with E-state index in [4.69, 9.17) is 19.9 Å². The smallest absolute Gasteiger partial charge is 0.418 e. The molecule has 0 unspecified atom stereocenters. The van der Waals surface area contributed by atoms with E-state index in [0.717, 1.165) is 4.90 Å². The molecule has 8 heteroatoms. The van der Waals surface area contributed by atoms with Crippen LogP contribution < -0.4 is 20.5 Å². The van der Waals surface area contributed by atoms with Crippen LogP contribution in [0.1, 0.15) is 6.92 Å². The van der Waals surface area contributed by atoms with Crippen molar-refractivity contribution in [2.75, 3.05) is 39.2 Å². The first-order valence-electron chi connectivity index (χ1n) is 6.74. The van der Waals surface area contributed by atoms with Crippen LogP contribution in [0.25, 0.3) is 0 Å². The van der Waals surface area contributed by atoms with Crippen molar-refractivity contribution in [1.82, 2.24) is 4.90 Å². The van der Waals surface area contributed by atoms with Gasteiger partial charge in [-0.15, -0.1) is 0 Å². The molecule has 0 aliphatic heterocycles. The number of nitrogens with zero attached hydrogens (tertiary/aromatic N) is 1. The van der Waals surface area contributed by atoms with Gasteiger partial charge in [-0.1, -0.05) is 0 Å². The largest absolute Gasteiger partial charge is 0.493 e. The van der Waals surface area contributed by atoms with Gasteiger partial charge in [0.15, 0.2) is 11.5 Å². The quantitative estimate of drug-likeness (QED) is 0.828. The summed E-state index contributed by atoms with van der Waals surface area (Å²) in [5, 5.41) is 2.59. The third kappa shape index (κ3) is 4.52. The second-order valence-electron chi connectivity index (χ2n) is 4.14. The molecule has 0 aromatic heterocycles. The molecule has 0 fully saturated rings. The molecule has 22 heavy (non-hydrogen) atoms. The van der Waals surface area contributed by atoms with E-state index in [2.05, 4.69) is 5.32 Å². The van der Waals surface area contributed by atoms with Gasteiger partial charge in [-0.3, -0.25) is 0 Å². The summed E-state index contributed by atoms with van der Waals surface area (Å²) in [5.74, 6) is 0.992. The Balaban J connectivity index is 2.86. The van der Waals surface area contributed by atoms with E-state index in [9.17, 15) is 9.59 Å². The molecule has 0 saturated heterocycles. The van der Waals surface area contributed by atoms with E-state index in [-0.39, 0.29) is 19.7 Å². The minimum atomic E-state index is -0.745. The monoisotopic (exact) mass is 311 g/mol. The number of nitrogens with one attached hydrogen (secondary N) is 1. The molecule has 1 rings (SSSR count). The molecule has 0 aliphatic carbocycles. The summed E-state index contributed by atoms with van der Waals surface area (Å²) < 4.78 is 15.1. The van der Waals surface area contributed by atoms with E-state index in [1.165, 1.54) is 14.2 Å². The summed E-state index contributed by atoms with van der Waals surface area (Å²) in [6.07, 6.45) is -0.745. The van der Waals surface area contributed by atoms with Gasteiger partial charge >= 0.3 is 12.1 Å². The SMILES string of the molecule is CCOC(=O)N(CCN)C(=O)Nc1ccc(OC)c(OC)c1. The van der Waals surface area contributed by atoms with Crippen LogP contribution in [0.15, 0.2) is 18.2 Å². The summed E-state index contributed by atoms with van der Waals surface area (Å²) in [4.78, 5) is 24.8. The fourth-order valence-electron chi connectivity index (χ4n) is 1.71. The van der Waals surface area contributed by atoms with Crippen LogP contribution >= 0.6 is 0 Å². The highest BCUT2D eigenvalue weighted by Crippen LogP contribution is 2.29. The number of carbonyl (C=O) groups excluding carboxylic acids is 2. The highest BCUT2D eigenvalue weighted by Gasteiger charge is 2.22. The third-order valence-corrected chi connectivity index (χ3v) is 2.72. The molecule has 122 valence electrons. The number of ether oxygens (including phenoxy) is 3. The van der Waals surface area contributed by atoms with Crippen molar-refractivity contribution in [1.29, 1.82) is 0 Å². The van der Waals surface area contributed by atoms with Crippen molar-refractivity contribution < 1.29 is 23.8 Å². The maximum atomic E-state index is 12.2. The highest BCUT2D eigenvalue weighted by molar-refractivity contribution is 5.99. The zero-order chi connectivity index (χ0) is 16.5. The first-order chi connectivity index (χ1) is 10.6. The number of methoxy groups -OCH3 is 2. The molecule has 0 spiro atoms. The Morgan fingerprint density at radius 1 is 1.23 bits per heavy atom. The molecule has 3 amide bonds. The maximum Gasteiger partial charge on any atom is 0.418 e. The van der Waals surface area contributed by atoms with Gasteiger partial charge in [-0.25, -0.2) is 14.5 Å². The molecular weight excluding hydrogens is 290 g/mol. The maximum absolute atomic E-state index is 12.2. The summed E-state index contributed by atoms with van der Waals surface area (Å²) in [5.41, 5.74) is 5.86. The minimum Gasteiger partial charge on any atom is -0.493 e. The lowest BCUT2D eigenvalue weighted by molar-refractivity contribution is 0.118. The molecule has 0 bridgehead atoms. The first kappa shape index (κ1) is 17.6. The van der Waals surface area contributed by atoms with Crippen molar-refractivity contribution in [3.8, 4) is 11.5 Å². The molecule has 0 saturated carbocycles. The Morgan fingerprint density at radius 2 is 1.91 bits per heavy atom. The van der Waals surface area contributed by atoms with E-state index in [0.29, 0.717) is 17.2 Å². The second-order valence-corrected chi connectivity index (χ2v) is 4.14. The third-order valence-electron chi connectivity index (χ3n) is 2.72. The number of rotatable bonds is 6. The zero-order valence-electron chi connectivity index (χ0n) is 12.9. The average molecular weight is 311 g/mol. The number of imide groups is 1. The number of nitrogens with two attached hydrogens (primary N) is 1. The van der Waals surface area contributed by atoms with Crippen molar-refractivity contribution in [2.24, 2.45) is 5.73 Å². The number of carbonyl (C=O) groups is 2. The standard InChI is InChI=1S/C14H21N3O5/c1-4-22-14(19)17(8-7-15)13(18)16-10-5-6-11(20-2)12(9-10)21-3/h5-6,9H,4,7-8,15H2,1-3H3,(H,16,18). The van der Waals surface area contributed by atoms with Crippen molar-refractivity contribution in [3.63, 3.8) is 0 Å². The zero-order valence-corrected chi connectivity index (χ0v) is 12.9. The summed E-state index contributed by atoms with van der Waals surface area (Å²) >= 11 is 0. The van der Waals surface area contributed by atoms with Crippen LogP contribution in [0.3, 0.4) is 0 Å². The van der Waals surface area contributed by atoms with Gasteiger partial charge in [-0.05, 0) is 19.1 Å². The molecule has 3 N–H and O–H groups in total. The summed E-state index contributed by atoms with van der Waals surface area (Å²) in [7, 11) is 3.00. The van der Waals surface area contributed by atoms with E-state index in [1.807, 2.05) is 0 Å². The molecule has 0 heterocycles. The molecule has 8 nitrogen and oxygen atoms in total. The topological polar surface area (TPSA) is 103 Å². The normalized spacial score (nSPS) is 9.82. The van der Waals surface area contributed by atoms with Gasteiger partial charge in [0.05, 0.1) is 20.8 Å². The van der Waals surface area contributed by atoms with Crippen molar-refractivity contribution >= 4 is 17.8 Å². The average Bonchev–Trinajstić information content (AvgIpc) is 2.52. The van der Waals surface area contributed by atoms with Crippen LogP contribution in [0.4, 0.5) is 15.3 Å². The predicted molar refractivity (Wildman–Crippen MR) is 81.3 cm³/mol. The fraction of sp³-hybridized carbons (Fsp3) is 0.429. The van der Waals surface area contributed by atoms with Crippen LogP contribution in [0.2, 0.25) is 0 Å². The molecule has 0 aliphatic rings. The molecular formula is C14H21N3O5. The number of hydrogen-bond acceptors (Lipinski definition) is 6. The minimum absolute atomic E-state index is 0.0535. The molecule has 0 radical (unpaired) electrons. The van der Waals surface area contributed by atoms with Crippen molar-refractivity contribution in [3.05, 3.63) is 18.2 Å². The van der Waals surface area contributed by atoms with Gasteiger partial charge in [0.1, 0.15) is 0 Å². The Hall–Kier alpha value is -2.48. The molecule has 1 aromatic rings. The van der Waals surface area contributed by atoms with Crippen LogP contribution in [-0.2, 0) is 4.74 Å². The van der Waals surface area contributed by atoms with Gasteiger partial charge < -0.3 is 25.3 Å². The number of anilines is 1. The lowest BCUT2D eigenvalue weighted by atomic mass is 10.2. The molecule has 1 aromatic carbocycles. The molecule has 0 atom stereocenters. The first-order valence-corrected chi connectivity index (χ1v) is 6.74. The van der Waals surface area contributed by atoms with Gasteiger partial charge in [-0.2, -0.15) is 0 Å². The predicted octanol–water partition coefficient (Wildman–Crippen LogP) is 1.65. The number of amides is 3. The van der Waals surface area contributed by atoms with Gasteiger partial charge in [0.2, 0.25) is 0 Å². The van der Waals surface area contributed by atoms with Gasteiger partial charge in [0.25, 0.3) is 0 Å².